The Morgan fingerprint density at radius 2 is 1.29 bits per heavy atom. The molecule has 0 radical (unpaired) electrons. The van der Waals surface area contributed by atoms with Crippen LogP contribution in [0.2, 0.25) is 0 Å². The maximum atomic E-state index is 11.7. The third-order valence-corrected chi connectivity index (χ3v) is 4.90. The normalized spacial score (nSPS) is 11.8. The minimum absolute atomic E-state index is 0.185. The topological polar surface area (TPSA) is 83.5 Å². The summed E-state index contributed by atoms with van der Waals surface area (Å²) in [6, 6.07) is 0. The van der Waals surface area contributed by atoms with Gasteiger partial charge in [-0.15, -0.1) is 0 Å². The van der Waals surface area contributed by atoms with Gasteiger partial charge < -0.3 is 5.32 Å². The molecule has 0 fully saturated rings. The van der Waals surface area contributed by atoms with Gasteiger partial charge in [-0.25, -0.2) is 0 Å². The van der Waals surface area contributed by atoms with Crippen LogP contribution >= 0.6 is 0 Å². The van der Waals surface area contributed by atoms with E-state index in [0.717, 1.165) is 12.8 Å². The summed E-state index contributed by atoms with van der Waals surface area (Å²) in [5.74, 6) is -0.0786. The summed E-state index contributed by atoms with van der Waals surface area (Å²) in [6.07, 6.45) is 15.1. The fourth-order valence-corrected chi connectivity index (χ4v) is 3.07. The largest absolute Gasteiger partial charge is 0.315 e. The van der Waals surface area contributed by atoms with E-state index in [0.29, 0.717) is 19.4 Å². The lowest BCUT2D eigenvalue weighted by Crippen LogP contribution is -2.24. The molecule has 0 amide bonds. The van der Waals surface area contributed by atoms with Gasteiger partial charge in [0, 0.05) is 25.9 Å². The van der Waals surface area contributed by atoms with E-state index < -0.39 is 10.1 Å². The first-order valence-electron chi connectivity index (χ1n) is 9.63. The van der Waals surface area contributed by atoms with Crippen molar-refractivity contribution in [3.05, 3.63) is 0 Å². The number of Topliss-reactive ketones (excluding diaryl/α,β-unsaturated/α-hetero) is 1. The monoisotopic (exact) mass is 363 g/mol. The van der Waals surface area contributed by atoms with Crippen LogP contribution < -0.4 is 5.32 Å². The molecule has 24 heavy (non-hydrogen) atoms. The molecule has 0 atom stereocenters. The maximum Gasteiger partial charge on any atom is 0.266 e. The first-order valence-corrected chi connectivity index (χ1v) is 11.2. The van der Waals surface area contributed by atoms with Crippen LogP contribution in [0.15, 0.2) is 0 Å². The molecule has 5 nitrogen and oxygen atoms in total. The van der Waals surface area contributed by atoms with E-state index in [1.807, 2.05) is 0 Å². The average Bonchev–Trinajstić information content (AvgIpc) is 2.51. The summed E-state index contributed by atoms with van der Waals surface area (Å²) in [5.41, 5.74) is 0. The zero-order chi connectivity index (χ0) is 18.1. The van der Waals surface area contributed by atoms with E-state index in [1.165, 1.54) is 57.8 Å². The highest BCUT2D eigenvalue weighted by molar-refractivity contribution is 7.85. The highest BCUT2D eigenvalue weighted by Gasteiger charge is 2.04. The van der Waals surface area contributed by atoms with Crippen LogP contribution in [0.1, 0.15) is 90.4 Å². The first-order chi connectivity index (χ1) is 11.5. The third-order valence-electron chi connectivity index (χ3n) is 4.18. The van der Waals surface area contributed by atoms with Crippen molar-refractivity contribution >= 4 is 15.9 Å². The molecule has 2 N–H and O–H groups in total. The second kappa shape index (κ2) is 16.0. The maximum absolute atomic E-state index is 11.7. The number of ketones is 1. The summed E-state index contributed by atoms with van der Waals surface area (Å²) in [5, 5.41) is 2.86. The highest BCUT2D eigenvalue weighted by atomic mass is 32.2. The number of carbonyl (C=O) groups is 1. The number of nitrogens with one attached hydrogen (secondary N) is 1. The lowest BCUT2D eigenvalue weighted by Gasteiger charge is -2.04. The van der Waals surface area contributed by atoms with Crippen LogP contribution in [0.4, 0.5) is 0 Å². The second-order valence-corrected chi connectivity index (χ2v) is 8.18. The summed E-state index contributed by atoms with van der Waals surface area (Å²) < 4.78 is 29.6. The summed E-state index contributed by atoms with van der Waals surface area (Å²) in [6.45, 7) is 2.90. The molecule has 144 valence electrons. The van der Waals surface area contributed by atoms with Crippen LogP contribution in [-0.2, 0) is 14.9 Å². The van der Waals surface area contributed by atoms with Gasteiger partial charge in [-0.2, -0.15) is 8.42 Å². The molecule has 0 saturated carbocycles. The van der Waals surface area contributed by atoms with Gasteiger partial charge in [-0.3, -0.25) is 9.35 Å². The Kier molecular flexibility index (Phi) is 15.7. The van der Waals surface area contributed by atoms with E-state index in [1.54, 1.807) is 0 Å². The molecule has 0 aromatic heterocycles. The molecule has 0 aliphatic heterocycles. The van der Waals surface area contributed by atoms with Gasteiger partial charge in [0.25, 0.3) is 10.1 Å². The minimum Gasteiger partial charge on any atom is -0.315 e. The number of carbonyl (C=O) groups excluding carboxylic acids is 1. The number of hydrogen-bond acceptors (Lipinski definition) is 4. The van der Waals surface area contributed by atoms with E-state index in [9.17, 15) is 13.2 Å². The van der Waals surface area contributed by atoms with Crippen molar-refractivity contribution in [1.29, 1.82) is 0 Å². The number of rotatable bonds is 18. The van der Waals surface area contributed by atoms with Crippen molar-refractivity contribution in [1.82, 2.24) is 5.32 Å². The molecule has 0 saturated heterocycles. The molecule has 0 bridgehead atoms. The van der Waals surface area contributed by atoms with Crippen molar-refractivity contribution in [3.63, 3.8) is 0 Å². The predicted octanol–water partition coefficient (Wildman–Crippen LogP) is 4.12. The summed E-state index contributed by atoms with van der Waals surface area (Å²) in [7, 11) is -3.91. The van der Waals surface area contributed by atoms with Crippen molar-refractivity contribution in [2.45, 2.75) is 90.4 Å². The van der Waals surface area contributed by atoms with Crippen molar-refractivity contribution in [3.8, 4) is 0 Å². The van der Waals surface area contributed by atoms with Gasteiger partial charge in [-0.05, 0) is 6.42 Å². The van der Waals surface area contributed by atoms with Gasteiger partial charge in [0.2, 0.25) is 0 Å². The van der Waals surface area contributed by atoms with E-state index in [-0.39, 0.29) is 18.1 Å². The highest BCUT2D eigenvalue weighted by Crippen LogP contribution is 2.12. The zero-order valence-corrected chi connectivity index (χ0v) is 16.2. The fourth-order valence-electron chi connectivity index (χ4n) is 2.67. The number of hydrogen-bond donors (Lipinski definition) is 2. The third kappa shape index (κ3) is 19.6. The second-order valence-electron chi connectivity index (χ2n) is 6.61. The lowest BCUT2D eigenvalue weighted by atomic mass is 10.0. The summed E-state index contributed by atoms with van der Waals surface area (Å²) >= 11 is 0. The van der Waals surface area contributed by atoms with E-state index in [2.05, 4.69) is 12.2 Å². The van der Waals surface area contributed by atoms with Gasteiger partial charge in [0.05, 0.1) is 5.75 Å². The fraction of sp³-hybridized carbons (Fsp3) is 0.944. The Hall–Kier alpha value is -0.460. The van der Waals surface area contributed by atoms with Gasteiger partial charge in [-0.1, -0.05) is 71.1 Å². The zero-order valence-electron chi connectivity index (χ0n) is 15.4. The van der Waals surface area contributed by atoms with E-state index >= 15 is 0 Å². The van der Waals surface area contributed by atoms with Crippen LogP contribution in [-0.4, -0.2) is 37.6 Å². The molecular weight excluding hydrogens is 326 g/mol. The van der Waals surface area contributed by atoms with Crippen molar-refractivity contribution in [2.75, 3.05) is 18.8 Å². The first kappa shape index (κ1) is 23.5. The van der Waals surface area contributed by atoms with Gasteiger partial charge in [0.1, 0.15) is 5.78 Å². The Bertz CT molecular complexity index is 396. The van der Waals surface area contributed by atoms with Crippen LogP contribution in [0, 0.1) is 0 Å². The van der Waals surface area contributed by atoms with Gasteiger partial charge >= 0.3 is 0 Å². The molecule has 6 heteroatoms. The standard InChI is InChI=1S/C18H37NO4S/c1-2-3-4-5-6-7-8-9-10-11-12-13-18(20)14-15-19-16-17-24(21,22)23/h19H,2-17H2,1H3,(H,21,22,23). The number of unbranched alkanes of at least 4 members (excludes halogenated alkanes) is 10. The Morgan fingerprint density at radius 1 is 0.792 bits per heavy atom. The molecule has 0 spiro atoms. The molecule has 0 aromatic rings. The quantitative estimate of drug-likeness (QED) is 0.283. The smallest absolute Gasteiger partial charge is 0.266 e. The molecule has 0 rings (SSSR count). The molecule has 0 aromatic carbocycles. The molecule has 0 unspecified atom stereocenters. The van der Waals surface area contributed by atoms with Crippen molar-refractivity contribution in [2.24, 2.45) is 0 Å². The predicted molar refractivity (Wildman–Crippen MR) is 100.0 cm³/mol. The molecule has 0 heterocycles. The lowest BCUT2D eigenvalue weighted by molar-refractivity contribution is -0.119. The Morgan fingerprint density at radius 3 is 1.79 bits per heavy atom. The average molecular weight is 364 g/mol. The molecule has 0 aliphatic rings. The Labute approximate surface area is 148 Å². The minimum atomic E-state index is -3.91. The molecular formula is C18H37NO4S. The van der Waals surface area contributed by atoms with Crippen LogP contribution in [0.3, 0.4) is 0 Å². The summed E-state index contributed by atoms with van der Waals surface area (Å²) in [4.78, 5) is 11.7. The molecule has 0 aliphatic carbocycles. The Balaban J connectivity index is 3.23. The van der Waals surface area contributed by atoms with Gasteiger partial charge in [0.15, 0.2) is 0 Å². The van der Waals surface area contributed by atoms with E-state index in [4.69, 9.17) is 4.55 Å². The van der Waals surface area contributed by atoms with Crippen LogP contribution in [0.5, 0.6) is 0 Å². The van der Waals surface area contributed by atoms with Crippen molar-refractivity contribution < 1.29 is 17.8 Å². The SMILES string of the molecule is CCCCCCCCCCCCCC(=O)CCNCCS(=O)(=O)O. The van der Waals surface area contributed by atoms with Crippen LogP contribution in [0.25, 0.3) is 0 Å².